The van der Waals surface area contributed by atoms with Gasteiger partial charge in [0.2, 0.25) is 0 Å². The molecule has 0 bridgehead atoms. The van der Waals surface area contributed by atoms with Crippen molar-refractivity contribution in [1.29, 1.82) is 0 Å². The van der Waals surface area contributed by atoms with E-state index in [2.05, 4.69) is 43.4 Å². The summed E-state index contributed by atoms with van der Waals surface area (Å²) in [5.41, 5.74) is 2.95. The molecule has 1 N–H and O–H groups in total. The SMILES string of the molecule is CC(C)NCc1ccc(C2CCCCC2)cc1. The monoisotopic (exact) mass is 231 g/mol. The molecule has 0 atom stereocenters. The van der Waals surface area contributed by atoms with Gasteiger partial charge < -0.3 is 5.32 Å². The average molecular weight is 231 g/mol. The van der Waals surface area contributed by atoms with Crippen molar-refractivity contribution >= 4 is 0 Å². The summed E-state index contributed by atoms with van der Waals surface area (Å²) in [5.74, 6) is 0.829. The lowest BCUT2D eigenvalue weighted by Crippen LogP contribution is -2.21. The minimum Gasteiger partial charge on any atom is -0.310 e. The zero-order valence-electron chi connectivity index (χ0n) is 11.2. The largest absolute Gasteiger partial charge is 0.310 e. The smallest absolute Gasteiger partial charge is 0.0207 e. The van der Waals surface area contributed by atoms with Crippen molar-refractivity contribution in [2.24, 2.45) is 0 Å². The van der Waals surface area contributed by atoms with Gasteiger partial charge in [0, 0.05) is 12.6 Å². The molecule has 17 heavy (non-hydrogen) atoms. The van der Waals surface area contributed by atoms with Crippen LogP contribution in [0.2, 0.25) is 0 Å². The van der Waals surface area contributed by atoms with E-state index in [1.54, 1.807) is 5.56 Å². The Morgan fingerprint density at radius 2 is 1.71 bits per heavy atom. The maximum absolute atomic E-state index is 3.46. The fraction of sp³-hybridized carbons (Fsp3) is 0.625. The van der Waals surface area contributed by atoms with Gasteiger partial charge in [0.25, 0.3) is 0 Å². The maximum atomic E-state index is 3.46. The highest BCUT2D eigenvalue weighted by Gasteiger charge is 2.14. The normalized spacial score (nSPS) is 17.6. The molecule has 1 saturated carbocycles. The number of nitrogens with one attached hydrogen (secondary N) is 1. The van der Waals surface area contributed by atoms with Gasteiger partial charge in [0.15, 0.2) is 0 Å². The van der Waals surface area contributed by atoms with Crippen LogP contribution in [0, 0.1) is 0 Å². The van der Waals surface area contributed by atoms with Gasteiger partial charge in [-0.1, -0.05) is 57.4 Å². The van der Waals surface area contributed by atoms with Gasteiger partial charge in [-0.25, -0.2) is 0 Å². The molecule has 0 aliphatic heterocycles. The highest BCUT2D eigenvalue weighted by atomic mass is 14.9. The van der Waals surface area contributed by atoms with Gasteiger partial charge in [-0.15, -0.1) is 0 Å². The van der Waals surface area contributed by atoms with Crippen molar-refractivity contribution in [3.8, 4) is 0 Å². The summed E-state index contributed by atoms with van der Waals surface area (Å²) >= 11 is 0. The Morgan fingerprint density at radius 3 is 2.29 bits per heavy atom. The molecule has 0 aromatic heterocycles. The van der Waals surface area contributed by atoms with Crippen LogP contribution in [-0.2, 0) is 6.54 Å². The first kappa shape index (κ1) is 12.6. The summed E-state index contributed by atoms with van der Waals surface area (Å²) in [6.07, 6.45) is 7.06. The standard InChI is InChI=1S/C16H25N/c1-13(2)17-12-14-8-10-16(11-9-14)15-6-4-3-5-7-15/h8-11,13,15,17H,3-7,12H2,1-2H3. The van der Waals surface area contributed by atoms with E-state index in [-0.39, 0.29) is 0 Å². The van der Waals surface area contributed by atoms with Gasteiger partial charge in [0.05, 0.1) is 0 Å². The van der Waals surface area contributed by atoms with Gasteiger partial charge in [-0.05, 0) is 29.9 Å². The lowest BCUT2D eigenvalue weighted by Gasteiger charge is -2.22. The lowest BCUT2D eigenvalue weighted by atomic mass is 9.84. The van der Waals surface area contributed by atoms with E-state index in [0.29, 0.717) is 6.04 Å². The van der Waals surface area contributed by atoms with E-state index in [9.17, 15) is 0 Å². The van der Waals surface area contributed by atoms with Crippen LogP contribution < -0.4 is 5.32 Å². The number of benzene rings is 1. The van der Waals surface area contributed by atoms with Crippen LogP contribution in [0.15, 0.2) is 24.3 Å². The van der Waals surface area contributed by atoms with Gasteiger partial charge >= 0.3 is 0 Å². The predicted octanol–water partition coefficient (Wildman–Crippen LogP) is 4.23. The fourth-order valence-electron chi connectivity index (χ4n) is 2.67. The molecule has 1 heteroatoms. The van der Waals surface area contributed by atoms with Crippen molar-refractivity contribution < 1.29 is 0 Å². The number of rotatable bonds is 4. The Labute approximate surface area is 106 Å². The number of hydrogen-bond donors (Lipinski definition) is 1. The second kappa shape index (κ2) is 6.20. The first-order valence-corrected chi connectivity index (χ1v) is 7.08. The van der Waals surface area contributed by atoms with E-state index in [1.165, 1.54) is 37.7 Å². The summed E-state index contributed by atoms with van der Waals surface area (Å²) in [4.78, 5) is 0. The maximum Gasteiger partial charge on any atom is 0.0207 e. The third-order valence-electron chi connectivity index (χ3n) is 3.77. The Hall–Kier alpha value is -0.820. The molecule has 0 heterocycles. The van der Waals surface area contributed by atoms with E-state index in [0.717, 1.165) is 12.5 Å². The Kier molecular flexibility index (Phi) is 4.61. The molecule has 0 radical (unpaired) electrons. The molecule has 2 rings (SSSR count). The summed E-state index contributed by atoms with van der Waals surface area (Å²) in [7, 11) is 0. The van der Waals surface area contributed by atoms with E-state index < -0.39 is 0 Å². The topological polar surface area (TPSA) is 12.0 Å². The van der Waals surface area contributed by atoms with Gasteiger partial charge in [-0.3, -0.25) is 0 Å². The van der Waals surface area contributed by atoms with E-state index in [4.69, 9.17) is 0 Å². The van der Waals surface area contributed by atoms with Crippen molar-refractivity contribution in [3.05, 3.63) is 35.4 Å². The van der Waals surface area contributed by atoms with Crippen LogP contribution in [0.4, 0.5) is 0 Å². The van der Waals surface area contributed by atoms with E-state index >= 15 is 0 Å². The molecule has 1 aromatic carbocycles. The van der Waals surface area contributed by atoms with Crippen molar-refractivity contribution in [2.45, 2.75) is 64.5 Å². The first-order chi connectivity index (χ1) is 8.25. The van der Waals surface area contributed by atoms with Crippen LogP contribution in [0.3, 0.4) is 0 Å². The van der Waals surface area contributed by atoms with E-state index in [1.807, 2.05) is 0 Å². The second-order valence-corrected chi connectivity index (χ2v) is 5.61. The van der Waals surface area contributed by atoms with Gasteiger partial charge in [-0.2, -0.15) is 0 Å². The van der Waals surface area contributed by atoms with Crippen molar-refractivity contribution in [2.75, 3.05) is 0 Å². The summed E-state index contributed by atoms with van der Waals surface area (Å²) < 4.78 is 0. The highest BCUT2D eigenvalue weighted by molar-refractivity contribution is 5.25. The Bertz CT molecular complexity index is 320. The van der Waals surface area contributed by atoms with Crippen molar-refractivity contribution in [3.63, 3.8) is 0 Å². The quantitative estimate of drug-likeness (QED) is 0.817. The molecule has 1 aromatic rings. The summed E-state index contributed by atoms with van der Waals surface area (Å²) in [6, 6.07) is 9.83. The molecule has 94 valence electrons. The minimum atomic E-state index is 0.563. The zero-order valence-corrected chi connectivity index (χ0v) is 11.2. The van der Waals surface area contributed by atoms with Crippen LogP contribution in [0.5, 0.6) is 0 Å². The third-order valence-corrected chi connectivity index (χ3v) is 3.77. The molecule has 1 aliphatic carbocycles. The molecule has 0 spiro atoms. The van der Waals surface area contributed by atoms with Crippen LogP contribution in [-0.4, -0.2) is 6.04 Å². The highest BCUT2D eigenvalue weighted by Crippen LogP contribution is 2.32. The predicted molar refractivity (Wildman–Crippen MR) is 74.2 cm³/mol. The lowest BCUT2D eigenvalue weighted by molar-refractivity contribution is 0.443. The molecule has 1 fully saturated rings. The molecule has 1 nitrogen and oxygen atoms in total. The van der Waals surface area contributed by atoms with Crippen LogP contribution in [0.1, 0.15) is 63.0 Å². The second-order valence-electron chi connectivity index (χ2n) is 5.61. The summed E-state index contributed by atoms with van der Waals surface area (Å²) in [5, 5.41) is 3.46. The molecule has 1 aliphatic rings. The Morgan fingerprint density at radius 1 is 1.06 bits per heavy atom. The Balaban J connectivity index is 1.92. The zero-order chi connectivity index (χ0) is 12.1. The molecule has 0 saturated heterocycles. The fourth-order valence-corrected chi connectivity index (χ4v) is 2.67. The number of hydrogen-bond acceptors (Lipinski definition) is 1. The van der Waals surface area contributed by atoms with Crippen molar-refractivity contribution in [1.82, 2.24) is 5.32 Å². The third kappa shape index (κ3) is 3.85. The molecular weight excluding hydrogens is 206 g/mol. The average Bonchev–Trinajstić information content (AvgIpc) is 2.38. The summed E-state index contributed by atoms with van der Waals surface area (Å²) in [6.45, 7) is 5.37. The van der Waals surface area contributed by atoms with Crippen LogP contribution in [0.25, 0.3) is 0 Å². The van der Waals surface area contributed by atoms with Crippen LogP contribution >= 0.6 is 0 Å². The molecular formula is C16H25N. The minimum absolute atomic E-state index is 0.563. The van der Waals surface area contributed by atoms with Gasteiger partial charge in [0.1, 0.15) is 0 Å². The molecule has 0 amide bonds. The molecule has 0 unspecified atom stereocenters. The first-order valence-electron chi connectivity index (χ1n) is 7.08.